The molecule has 0 unspecified atom stereocenters. The molecule has 2 N–H and O–H groups in total. The Bertz CT molecular complexity index is 1950. The van der Waals surface area contributed by atoms with Gasteiger partial charge in [-0.2, -0.15) is 0 Å². The first-order valence-electron chi connectivity index (χ1n) is 9.53. The largest absolute Gasteiger partial charge is 0.449 e. The van der Waals surface area contributed by atoms with Gasteiger partial charge in [-0.05, 0) is 29.0 Å². The molecule has 0 spiro atoms. The van der Waals surface area contributed by atoms with Crippen molar-refractivity contribution in [3.63, 3.8) is 0 Å². The van der Waals surface area contributed by atoms with Crippen molar-refractivity contribution in [2.45, 2.75) is 0 Å². The maximum Gasteiger partial charge on any atom is 0.262 e. The number of benzene rings is 4. The van der Waals surface area contributed by atoms with Gasteiger partial charge in [-0.3, -0.25) is 14.6 Å². The quantitative estimate of drug-likeness (QED) is 0.348. The number of aromatic nitrogens is 2. The fourth-order valence-corrected chi connectivity index (χ4v) is 4.48. The van der Waals surface area contributed by atoms with Crippen LogP contribution < -0.4 is 11.1 Å². The first kappa shape index (κ1) is 15.6. The highest BCUT2D eigenvalue weighted by Gasteiger charge is 2.23. The van der Waals surface area contributed by atoms with E-state index in [9.17, 15) is 9.59 Å². The summed E-state index contributed by atoms with van der Waals surface area (Å²) >= 11 is 0. The molecule has 0 amide bonds. The highest BCUT2D eigenvalue weighted by molar-refractivity contribution is 6.29. The molecule has 0 aliphatic carbocycles. The van der Waals surface area contributed by atoms with Crippen molar-refractivity contribution in [1.29, 1.82) is 0 Å². The van der Waals surface area contributed by atoms with Gasteiger partial charge in [0.25, 0.3) is 11.1 Å². The first-order chi connectivity index (χ1) is 14.7. The van der Waals surface area contributed by atoms with Crippen LogP contribution in [0, 0.1) is 0 Å². The highest BCUT2D eigenvalue weighted by atomic mass is 16.4. The monoisotopic (exact) mass is 392 g/mol. The molecule has 7 aromatic rings. The highest BCUT2D eigenvalue weighted by Crippen LogP contribution is 2.38. The van der Waals surface area contributed by atoms with Crippen LogP contribution in [0.3, 0.4) is 0 Å². The van der Waals surface area contributed by atoms with Gasteiger partial charge in [0.2, 0.25) is 0 Å². The molecular formula is C24H12N2O4. The molecule has 3 heterocycles. The Morgan fingerprint density at radius 3 is 2.03 bits per heavy atom. The van der Waals surface area contributed by atoms with Crippen molar-refractivity contribution in [1.82, 2.24) is 9.97 Å². The standard InChI is InChI=1S/C24H12N2O4/c27-23-18-17-13-7-3-4-8-14(13)25-20(17)22-21(19(18)24(28)26-23)29-15-9-11-5-1-2-6-12(11)10-16(15)30-22/h1-10,25H,(H,26,27,28). The van der Waals surface area contributed by atoms with Crippen molar-refractivity contribution in [2.75, 3.05) is 0 Å². The number of hydrogen-bond donors (Lipinski definition) is 2. The molecule has 0 atom stereocenters. The molecule has 30 heavy (non-hydrogen) atoms. The summed E-state index contributed by atoms with van der Waals surface area (Å²) in [6.45, 7) is 0. The number of nitrogens with one attached hydrogen (secondary N) is 2. The summed E-state index contributed by atoms with van der Waals surface area (Å²) in [6, 6.07) is 19.3. The Morgan fingerprint density at radius 2 is 1.27 bits per heavy atom. The fourth-order valence-electron chi connectivity index (χ4n) is 4.48. The first-order valence-corrected chi connectivity index (χ1v) is 9.53. The summed E-state index contributed by atoms with van der Waals surface area (Å²) in [6.07, 6.45) is 0. The smallest absolute Gasteiger partial charge is 0.262 e. The van der Waals surface area contributed by atoms with E-state index in [1.165, 1.54) is 0 Å². The molecule has 0 saturated carbocycles. The molecule has 4 aromatic carbocycles. The molecular weight excluding hydrogens is 380 g/mol. The number of fused-ring (bicyclic) bond motifs is 10. The topological polar surface area (TPSA) is 92.0 Å². The number of hydrogen-bond acceptors (Lipinski definition) is 4. The Labute approximate surface area is 166 Å². The van der Waals surface area contributed by atoms with Crippen molar-refractivity contribution in [3.8, 4) is 0 Å². The van der Waals surface area contributed by atoms with E-state index in [1.54, 1.807) is 0 Å². The Balaban J connectivity index is 1.83. The van der Waals surface area contributed by atoms with Crippen LogP contribution in [-0.4, -0.2) is 9.97 Å². The molecule has 7 rings (SSSR count). The summed E-state index contributed by atoms with van der Waals surface area (Å²) in [5, 5.41) is 4.06. The lowest BCUT2D eigenvalue weighted by Crippen LogP contribution is -2.05. The molecule has 6 heteroatoms. The molecule has 0 aliphatic rings. The predicted octanol–water partition coefficient (Wildman–Crippen LogP) is 5.17. The van der Waals surface area contributed by atoms with Crippen molar-refractivity contribution in [2.24, 2.45) is 0 Å². The second-order valence-corrected chi connectivity index (χ2v) is 7.46. The van der Waals surface area contributed by atoms with E-state index in [1.807, 2.05) is 60.7 Å². The third-order valence-corrected chi connectivity index (χ3v) is 5.78. The zero-order valence-electron chi connectivity index (χ0n) is 15.4. The van der Waals surface area contributed by atoms with Crippen LogP contribution in [0.5, 0.6) is 0 Å². The summed E-state index contributed by atoms with van der Waals surface area (Å²) < 4.78 is 12.5. The second-order valence-electron chi connectivity index (χ2n) is 7.46. The molecule has 0 radical (unpaired) electrons. The normalized spacial score (nSPS) is 12.3. The van der Waals surface area contributed by atoms with E-state index in [-0.39, 0.29) is 11.0 Å². The Hall–Kier alpha value is -4.32. The van der Waals surface area contributed by atoms with E-state index < -0.39 is 11.1 Å². The summed E-state index contributed by atoms with van der Waals surface area (Å²) in [5.74, 6) is 0. The van der Waals surface area contributed by atoms with Crippen molar-refractivity contribution < 1.29 is 8.83 Å². The minimum absolute atomic E-state index is 0.214. The molecule has 0 bridgehead atoms. The van der Waals surface area contributed by atoms with E-state index in [0.717, 1.165) is 21.7 Å². The van der Waals surface area contributed by atoms with Gasteiger partial charge in [-0.25, -0.2) is 0 Å². The van der Waals surface area contributed by atoms with Crippen LogP contribution >= 0.6 is 0 Å². The minimum atomic E-state index is -0.480. The summed E-state index contributed by atoms with van der Waals surface area (Å²) in [4.78, 5) is 31.1. The van der Waals surface area contributed by atoms with Crippen molar-refractivity contribution in [3.05, 3.63) is 81.4 Å². The van der Waals surface area contributed by atoms with Gasteiger partial charge in [-0.15, -0.1) is 0 Å². The lowest BCUT2D eigenvalue weighted by atomic mass is 10.1. The SMILES string of the molecule is O=c1[nH]c(=O)c2c1c1oc3cc4ccccc4cc3oc1c1[nH]c3ccccc3c12. The van der Waals surface area contributed by atoms with Gasteiger partial charge in [0.05, 0.1) is 16.3 Å². The van der Waals surface area contributed by atoms with Gasteiger partial charge in [0.15, 0.2) is 22.3 Å². The van der Waals surface area contributed by atoms with Gasteiger partial charge in [0, 0.05) is 16.3 Å². The number of H-pyrrole nitrogens is 2. The van der Waals surface area contributed by atoms with E-state index in [2.05, 4.69) is 9.97 Å². The average Bonchev–Trinajstić information content (AvgIpc) is 3.28. The van der Waals surface area contributed by atoms with Crippen LogP contribution in [0.2, 0.25) is 0 Å². The van der Waals surface area contributed by atoms with Gasteiger partial charge in [-0.1, -0.05) is 42.5 Å². The van der Waals surface area contributed by atoms with E-state index in [4.69, 9.17) is 8.83 Å². The third-order valence-electron chi connectivity index (χ3n) is 5.78. The van der Waals surface area contributed by atoms with Crippen molar-refractivity contribution >= 4 is 65.7 Å². The fraction of sp³-hybridized carbons (Fsp3) is 0. The average molecular weight is 392 g/mol. The maximum atomic E-state index is 12.7. The zero-order valence-corrected chi connectivity index (χ0v) is 15.4. The van der Waals surface area contributed by atoms with Gasteiger partial charge >= 0.3 is 0 Å². The number of para-hydroxylation sites is 1. The molecule has 0 aliphatic heterocycles. The number of rotatable bonds is 0. The van der Waals surface area contributed by atoms with Crippen LogP contribution in [0.4, 0.5) is 0 Å². The van der Waals surface area contributed by atoms with E-state index in [0.29, 0.717) is 33.0 Å². The molecule has 0 saturated heterocycles. The van der Waals surface area contributed by atoms with Gasteiger partial charge < -0.3 is 13.8 Å². The molecule has 3 aromatic heterocycles. The lowest BCUT2D eigenvalue weighted by Gasteiger charge is -2.06. The van der Waals surface area contributed by atoms with Crippen LogP contribution in [-0.2, 0) is 0 Å². The molecule has 142 valence electrons. The van der Waals surface area contributed by atoms with Crippen LogP contribution in [0.15, 0.2) is 79.1 Å². The third kappa shape index (κ3) is 1.83. The zero-order chi connectivity index (χ0) is 20.0. The summed E-state index contributed by atoms with van der Waals surface area (Å²) in [5.41, 5.74) is 2.31. The number of aromatic amines is 2. The maximum absolute atomic E-state index is 12.7. The van der Waals surface area contributed by atoms with E-state index >= 15 is 0 Å². The predicted molar refractivity (Wildman–Crippen MR) is 117 cm³/mol. The molecule has 6 nitrogen and oxygen atoms in total. The Morgan fingerprint density at radius 1 is 0.633 bits per heavy atom. The summed E-state index contributed by atoms with van der Waals surface area (Å²) in [7, 11) is 0. The molecule has 0 fully saturated rings. The Kier molecular flexibility index (Phi) is 2.69. The second kappa shape index (κ2) is 5.18. The lowest BCUT2D eigenvalue weighted by molar-refractivity contribution is 0.587. The van der Waals surface area contributed by atoms with Crippen LogP contribution in [0.1, 0.15) is 0 Å². The van der Waals surface area contributed by atoms with Crippen LogP contribution in [0.25, 0.3) is 65.7 Å². The minimum Gasteiger partial charge on any atom is -0.449 e. The van der Waals surface area contributed by atoms with Gasteiger partial charge in [0.1, 0.15) is 0 Å².